The molecule has 1 aromatic carbocycles. The number of nitrogens with one attached hydrogen (secondary N) is 3. The quantitative estimate of drug-likeness (QED) is 0.704. The molecule has 104 valence electrons. The van der Waals surface area contributed by atoms with Gasteiger partial charge in [0, 0.05) is 37.8 Å². The Balaban J connectivity index is 2.36. The Morgan fingerprint density at radius 2 is 1.89 bits per heavy atom. The van der Waals surface area contributed by atoms with Gasteiger partial charge in [-0.25, -0.2) is 0 Å². The number of hydrogen-bond donors (Lipinski definition) is 3. The topological polar surface area (TPSA) is 70.2 Å². The number of rotatable bonds is 7. The van der Waals surface area contributed by atoms with E-state index >= 15 is 0 Å². The molecule has 0 atom stereocenters. The van der Waals surface area contributed by atoms with Crippen LogP contribution in [0.15, 0.2) is 24.3 Å². The summed E-state index contributed by atoms with van der Waals surface area (Å²) in [4.78, 5) is 22.3. The van der Waals surface area contributed by atoms with Crippen molar-refractivity contribution < 1.29 is 9.59 Å². The van der Waals surface area contributed by atoms with Crippen molar-refractivity contribution in [1.82, 2.24) is 5.32 Å². The van der Waals surface area contributed by atoms with Crippen LogP contribution < -0.4 is 16.0 Å². The molecule has 0 fully saturated rings. The van der Waals surface area contributed by atoms with Crippen LogP contribution in [0.2, 0.25) is 0 Å². The summed E-state index contributed by atoms with van der Waals surface area (Å²) >= 11 is 0. The van der Waals surface area contributed by atoms with Crippen LogP contribution in [0.3, 0.4) is 0 Å². The van der Waals surface area contributed by atoms with Crippen molar-refractivity contribution in [2.24, 2.45) is 0 Å². The van der Waals surface area contributed by atoms with Crippen LogP contribution in [0.1, 0.15) is 26.7 Å². The van der Waals surface area contributed by atoms with Gasteiger partial charge in [-0.05, 0) is 24.6 Å². The summed E-state index contributed by atoms with van der Waals surface area (Å²) in [6, 6.07) is 7.41. The van der Waals surface area contributed by atoms with Crippen LogP contribution in [-0.2, 0) is 9.59 Å². The Bertz CT molecular complexity index is 432. The van der Waals surface area contributed by atoms with Crippen molar-refractivity contribution in [1.29, 1.82) is 0 Å². The second-order valence-corrected chi connectivity index (χ2v) is 4.29. The highest BCUT2D eigenvalue weighted by Gasteiger charge is 2.01. The first-order valence-corrected chi connectivity index (χ1v) is 6.50. The van der Waals surface area contributed by atoms with Gasteiger partial charge in [-0.15, -0.1) is 0 Å². The van der Waals surface area contributed by atoms with Crippen molar-refractivity contribution >= 4 is 23.2 Å². The van der Waals surface area contributed by atoms with E-state index in [-0.39, 0.29) is 11.8 Å². The predicted molar refractivity (Wildman–Crippen MR) is 77.2 cm³/mol. The summed E-state index contributed by atoms with van der Waals surface area (Å²) in [5.41, 5.74) is 1.63. The second-order valence-electron chi connectivity index (χ2n) is 4.29. The first-order valence-electron chi connectivity index (χ1n) is 6.50. The van der Waals surface area contributed by atoms with E-state index in [0.717, 1.165) is 24.3 Å². The van der Waals surface area contributed by atoms with Gasteiger partial charge < -0.3 is 16.0 Å². The summed E-state index contributed by atoms with van der Waals surface area (Å²) in [5, 5.41) is 8.69. The highest BCUT2D eigenvalue weighted by molar-refractivity contribution is 5.89. The number of carbonyl (C=O) groups is 2. The maximum atomic E-state index is 11.4. The zero-order valence-corrected chi connectivity index (χ0v) is 11.5. The maximum Gasteiger partial charge on any atom is 0.221 e. The van der Waals surface area contributed by atoms with Gasteiger partial charge in [0.2, 0.25) is 11.8 Å². The van der Waals surface area contributed by atoms with Crippen LogP contribution in [0.5, 0.6) is 0 Å². The van der Waals surface area contributed by atoms with Gasteiger partial charge in [-0.1, -0.05) is 13.0 Å². The molecule has 0 radical (unpaired) electrons. The number of carbonyl (C=O) groups excluding carboxylic acids is 2. The van der Waals surface area contributed by atoms with Crippen molar-refractivity contribution in [3.05, 3.63) is 24.3 Å². The maximum absolute atomic E-state index is 11.4. The molecular weight excluding hydrogens is 242 g/mol. The number of hydrogen-bond acceptors (Lipinski definition) is 3. The van der Waals surface area contributed by atoms with Crippen LogP contribution >= 0.6 is 0 Å². The molecule has 0 unspecified atom stereocenters. The Morgan fingerprint density at radius 1 is 1.16 bits per heavy atom. The lowest BCUT2D eigenvalue weighted by atomic mass is 10.2. The Kier molecular flexibility index (Phi) is 6.43. The van der Waals surface area contributed by atoms with Gasteiger partial charge >= 0.3 is 0 Å². The van der Waals surface area contributed by atoms with E-state index in [9.17, 15) is 9.59 Å². The van der Waals surface area contributed by atoms with Gasteiger partial charge in [0.1, 0.15) is 0 Å². The fraction of sp³-hybridized carbons (Fsp3) is 0.429. The van der Waals surface area contributed by atoms with Crippen molar-refractivity contribution in [3.8, 4) is 0 Å². The third-order valence-corrected chi connectivity index (χ3v) is 2.44. The standard InChI is InChI=1S/C14H21N3O2/c1-3-8-16-14(19)7-9-15-12-5-4-6-13(10-12)17-11(2)18/h4-6,10,15H,3,7-9H2,1-2H3,(H,16,19)(H,17,18). The zero-order valence-electron chi connectivity index (χ0n) is 11.5. The molecule has 0 heterocycles. The molecule has 3 N–H and O–H groups in total. The van der Waals surface area contributed by atoms with Crippen molar-refractivity contribution in [2.75, 3.05) is 23.7 Å². The third kappa shape index (κ3) is 6.45. The molecule has 1 rings (SSSR count). The summed E-state index contributed by atoms with van der Waals surface area (Å²) in [7, 11) is 0. The molecule has 0 aliphatic heterocycles. The smallest absolute Gasteiger partial charge is 0.221 e. The Morgan fingerprint density at radius 3 is 2.58 bits per heavy atom. The monoisotopic (exact) mass is 263 g/mol. The lowest BCUT2D eigenvalue weighted by Gasteiger charge is -2.09. The van der Waals surface area contributed by atoms with Crippen LogP contribution in [0.25, 0.3) is 0 Å². The first kappa shape index (κ1) is 15.0. The second kappa shape index (κ2) is 8.13. The molecule has 19 heavy (non-hydrogen) atoms. The zero-order chi connectivity index (χ0) is 14.1. The van der Waals surface area contributed by atoms with Gasteiger partial charge in [-0.2, -0.15) is 0 Å². The van der Waals surface area contributed by atoms with Crippen LogP contribution in [-0.4, -0.2) is 24.9 Å². The highest BCUT2D eigenvalue weighted by Crippen LogP contribution is 2.14. The minimum absolute atomic E-state index is 0.0485. The highest BCUT2D eigenvalue weighted by atomic mass is 16.2. The predicted octanol–water partition coefficient (Wildman–Crippen LogP) is 1.97. The number of anilines is 2. The SMILES string of the molecule is CCCNC(=O)CCNc1cccc(NC(C)=O)c1. The molecule has 0 bridgehead atoms. The van der Waals surface area contributed by atoms with E-state index in [1.807, 2.05) is 31.2 Å². The molecule has 0 aromatic heterocycles. The molecule has 5 nitrogen and oxygen atoms in total. The largest absolute Gasteiger partial charge is 0.384 e. The first-order chi connectivity index (χ1) is 9.11. The van der Waals surface area contributed by atoms with Gasteiger partial charge in [-0.3, -0.25) is 9.59 Å². The fourth-order valence-electron chi connectivity index (χ4n) is 1.58. The molecule has 0 aliphatic rings. The van der Waals surface area contributed by atoms with Gasteiger partial charge in [0.25, 0.3) is 0 Å². The van der Waals surface area contributed by atoms with Gasteiger partial charge in [0.05, 0.1) is 0 Å². The van der Waals surface area contributed by atoms with E-state index in [1.165, 1.54) is 6.92 Å². The summed E-state index contributed by atoms with van der Waals surface area (Å²) in [6.07, 6.45) is 1.38. The Hall–Kier alpha value is -2.04. The minimum atomic E-state index is -0.101. The number of benzene rings is 1. The summed E-state index contributed by atoms with van der Waals surface area (Å²) < 4.78 is 0. The normalized spacial score (nSPS) is 9.79. The van der Waals surface area contributed by atoms with Gasteiger partial charge in [0.15, 0.2) is 0 Å². The van der Waals surface area contributed by atoms with E-state index < -0.39 is 0 Å². The molecule has 1 aromatic rings. The lowest BCUT2D eigenvalue weighted by molar-refractivity contribution is -0.120. The van der Waals surface area contributed by atoms with E-state index in [2.05, 4.69) is 16.0 Å². The van der Waals surface area contributed by atoms with Crippen molar-refractivity contribution in [2.45, 2.75) is 26.7 Å². The fourth-order valence-corrected chi connectivity index (χ4v) is 1.58. The van der Waals surface area contributed by atoms with Crippen LogP contribution in [0.4, 0.5) is 11.4 Å². The molecule has 0 saturated heterocycles. The minimum Gasteiger partial charge on any atom is -0.384 e. The number of amides is 2. The average molecular weight is 263 g/mol. The molecule has 0 aliphatic carbocycles. The van der Waals surface area contributed by atoms with Crippen molar-refractivity contribution in [3.63, 3.8) is 0 Å². The van der Waals surface area contributed by atoms with Crippen LogP contribution in [0, 0.1) is 0 Å². The van der Waals surface area contributed by atoms with E-state index in [1.54, 1.807) is 0 Å². The van der Waals surface area contributed by atoms with E-state index in [0.29, 0.717) is 13.0 Å². The Labute approximate surface area is 113 Å². The molecule has 5 heteroatoms. The molecule has 0 spiro atoms. The molecule has 2 amide bonds. The van der Waals surface area contributed by atoms with E-state index in [4.69, 9.17) is 0 Å². The summed E-state index contributed by atoms with van der Waals surface area (Å²) in [5.74, 6) is -0.0524. The molecular formula is C14H21N3O2. The third-order valence-electron chi connectivity index (χ3n) is 2.44. The lowest BCUT2D eigenvalue weighted by Crippen LogP contribution is -2.25. The average Bonchev–Trinajstić information content (AvgIpc) is 2.36. The molecule has 0 saturated carbocycles. The summed E-state index contributed by atoms with van der Waals surface area (Å²) in [6.45, 7) is 4.78.